The van der Waals surface area contributed by atoms with Gasteiger partial charge < -0.3 is 4.98 Å². The van der Waals surface area contributed by atoms with E-state index >= 15 is 0 Å². The van der Waals surface area contributed by atoms with Crippen LogP contribution >= 0.6 is 0 Å². The van der Waals surface area contributed by atoms with E-state index in [1.807, 2.05) is 59.3 Å². The second-order valence-electron chi connectivity index (χ2n) is 6.41. The summed E-state index contributed by atoms with van der Waals surface area (Å²) in [6.07, 6.45) is 2.26. The van der Waals surface area contributed by atoms with Gasteiger partial charge in [0.15, 0.2) is 17.1 Å². The van der Waals surface area contributed by atoms with Gasteiger partial charge in [0.2, 0.25) is 0 Å². The highest BCUT2D eigenvalue weighted by Gasteiger charge is 2.29. The van der Waals surface area contributed by atoms with Gasteiger partial charge in [0, 0.05) is 22.9 Å². The summed E-state index contributed by atoms with van der Waals surface area (Å²) in [6, 6.07) is 19.0. The standard InChI is InChI=1S/C20H16N4O/c25-18-12-17(21-16-9-5-4-8-15(16)18)20-22-19(13-10-11-13)23-24(20)14-6-2-1-3-7-14/h1-9,12-13H,10-11H2,(H,21,25). The van der Waals surface area contributed by atoms with Crippen molar-refractivity contribution in [2.24, 2.45) is 0 Å². The quantitative estimate of drug-likeness (QED) is 0.624. The van der Waals surface area contributed by atoms with Gasteiger partial charge in [0.05, 0.1) is 11.4 Å². The monoisotopic (exact) mass is 328 g/mol. The molecule has 122 valence electrons. The Kier molecular flexibility index (Phi) is 3.06. The maximum atomic E-state index is 12.5. The van der Waals surface area contributed by atoms with Crippen LogP contribution in [0.15, 0.2) is 65.5 Å². The Labute approximate surface area is 144 Å². The molecule has 4 aromatic rings. The summed E-state index contributed by atoms with van der Waals surface area (Å²) >= 11 is 0. The molecule has 0 atom stereocenters. The molecule has 2 heterocycles. The SMILES string of the molecule is O=c1cc(-c2nc(C3CC3)nn2-c2ccccc2)[nH]c2ccccc12. The van der Waals surface area contributed by atoms with Crippen LogP contribution < -0.4 is 5.43 Å². The molecule has 0 spiro atoms. The lowest BCUT2D eigenvalue weighted by Gasteiger charge is -2.07. The van der Waals surface area contributed by atoms with Crippen molar-refractivity contribution >= 4 is 10.9 Å². The molecule has 0 radical (unpaired) electrons. The maximum Gasteiger partial charge on any atom is 0.190 e. The molecular weight excluding hydrogens is 312 g/mol. The Balaban J connectivity index is 1.75. The first kappa shape index (κ1) is 14.2. The van der Waals surface area contributed by atoms with Gasteiger partial charge in [-0.1, -0.05) is 30.3 Å². The average Bonchev–Trinajstić information content (AvgIpc) is 3.41. The van der Waals surface area contributed by atoms with Crippen LogP contribution in [-0.4, -0.2) is 19.7 Å². The lowest BCUT2D eigenvalue weighted by atomic mass is 10.2. The zero-order valence-electron chi connectivity index (χ0n) is 13.5. The van der Waals surface area contributed by atoms with Gasteiger partial charge >= 0.3 is 0 Å². The van der Waals surface area contributed by atoms with Crippen molar-refractivity contribution in [3.63, 3.8) is 0 Å². The van der Waals surface area contributed by atoms with Gasteiger partial charge in [0.25, 0.3) is 0 Å². The number of nitrogens with zero attached hydrogens (tertiary/aromatic N) is 3. The van der Waals surface area contributed by atoms with E-state index in [1.165, 1.54) is 0 Å². The molecule has 2 aromatic heterocycles. The summed E-state index contributed by atoms with van der Waals surface area (Å²) in [5, 5.41) is 5.39. The third-order valence-electron chi connectivity index (χ3n) is 4.54. The molecule has 0 amide bonds. The molecule has 1 saturated carbocycles. The molecule has 2 aromatic carbocycles. The summed E-state index contributed by atoms with van der Waals surface area (Å²) in [4.78, 5) is 20.6. The number of aromatic nitrogens is 4. The number of rotatable bonds is 3. The minimum absolute atomic E-state index is 0.0140. The molecule has 1 aliphatic rings. The van der Waals surface area contributed by atoms with Gasteiger partial charge in [0.1, 0.15) is 0 Å². The van der Waals surface area contributed by atoms with Crippen molar-refractivity contribution in [2.45, 2.75) is 18.8 Å². The molecule has 0 bridgehead atoms. The van der Waals surface area contributed by atoms with Crippen molar-refractivity contribution in [2.75, 3.05) is 0 Å². The Bertz CT molecular complexity index is 1120. The number of nitrogens with one attached hydrogen (secondary N) is 1. The summed E-state index contributed by atoms with van der Waals surface area (Å²) < 4.78 is 1.83. The molecule has 0 saturated heterocycles. The van der Waals surface area contributed by atoms with Crippen LogP contribution in [0.4, 0.5) is 0 Å². The molecule has 5 rings (SSSR count). The Morgan fingerprint density at radius 2 is 1.76 bits per heavy atom. The van der Waals surface area contributed by atoms with Crippen LogP contribution in [0.2, 0.25) is 0 Å². The first-order valence-electron chi connectivity index (χ1n) is 8.44. The van der Waals surface area contributed by atoms with E-state index in [-0.39, 0.29) is 5.43 Å². The van der Waals surface area contributed by atoms with Crippen molar-refractivity contribution < 1.29 is 0 Å². The Morgan fingerprint density at radius 1 is 1.00 bits per heavy atom. The Morgan fingerprint density at radius 3 is 2.56 bits per heavy atom. The Hall–Kier alpha value is -3.21. The minimum atomic E-state index is -0.0140. The van der Waals surface area contributed by atoms with Gasteiger partial charge in [-0.25, -0.2) is 9.67 Å². The molecule has 25 heavy (non-hydrogen) atoms. The van der Waals surface area contributed by atoms with E-state index in [2.05, 4.69) is 4.98 Å². The van der Waals surface area contributed by atoms with Crippen LogP contribution in [0, 0.1) is 0 Å². The summed E-state index contributed by atoms with van der Waals surface area (Å²) in [5.41, 5.74) is 2.42. The number of pyridine rings is 1. The molecule has 0 unspecified atom stereocenters. The second kappa shape index (κ2) is 5.41. The number of hydrogen-bond acceptors (Lipinski definition) is 3. The number of aromatic amines is 1. The van der Waals surface area contributed by atoms with E-state index in [1.54, 1.807) is 6.07 Å². The van der Waals surface area contributed by atoms with Crippen molar-refractivity contribution in [3.8, 4) is 17.2 Å². The third-order valence-corrected chi connectivity index (χ3v) is 4.54. The first-order chi connectivity index (χ1) is 12.3. The number of fused-ring (bicyclic) bond motifs is 1. The lowest BCUT2D eigenvalue weighted by molar-refractivity contribution is 0.837. The number of hydrogen-bond donors (Lipinski definition) is 1. The summed E-state index contributed by atoms with van der Waals surface area (Å²) in [6.45, 7) is 0. The third kappa shape index (κ3) is 2.45. The molecule has 1 aliphatic carbocycles. The minimum Gasteiger partial charge on any atom is -0.352 e. The highest BCUT2D eigenvalue weighted by atomic mass is 16.1. The normalized spacial score (nSPS) is 14.1. The fraction of sp³-hybridized carbons (Fsp3) is 0.150. The van der Waals surface area contributed by atoms with Crippen LogP contribution in [0.25, 0.3) is 28.1 Å². The average molecular weight is 328 g/mol. The molecule has 5 heteroatoms. The van der Waals surface area contributed by atoms with Gasteiger partial charge in [-0.3, -0.25) is 4.79 Å². The van der Waals surface area contributed by atoms with Crippen LogP contribution in [0.1, 0.15) is 24.6 Å². The van der Waals surface area contributed by atoms with Crippen molar-refractivity contribution in [1.82, 2.24) is 19.7 Å². The fourth-order valence-corrected chi connectivity index (χ4v) is 3.08. The largest absolute Gasteiger partial charge is 0.352 e. The van der Waals surface area contributed by atoms with E-state index in [0.29, 0.717) is 22.8 Å². The lowest BCUT2D eigenvalue weighted by Crippen LogP contribution is -2.06. The fourth-order valence-electron chi connectivity index (χ4n) is 3.08. The van der Waals surface area contributed by atoms with Crippen molar-refractivity contribution in [3.05, 3.63) is 76.7 Å². The molecule has 5 nitrogen and oxygen atoms in total. The number of benzene rings is 2. The topological polar surface area (TPSA) is 63.6 Å². The van der Waals surface area contributed by atoms with E-state index < -0.39 is 0 Å². The van der Waals surface area contributed by atoms with Crippen LogP contribution in [-0.2, 0) is 0 Å². The van der Waals surface area contributed by atoms with E-state index in [9.17, 15) is 4.79 Å². The first-order valence-corrected chi connectivity index (χ1v) is 8.44. The van der Waals surface area contributed by atoms with E-state index in [4.69, 9.17) is 10.1 Å². The van der Waals surface area contributed by atoms with Crippen molar-refractivity contribution in [1.29, 1.82) is 0 Å². The van der Waals surface area contributed by atoms with Gasteiger partial charge in [-0.05, 0) is 37.1 Å². The highest BCUT2D eigenvalue weighted by Crippen LogP contribution is 2.39. The van der Waals surface area contributed by atoms with Gasteiger partial charge in [-0.15, -0.1) is 0 Å². The molecule has 1 fully saturated rings. The van der Waals surface area contributed by atoms with E-state index in [0.717, 1.165) is 29.9 Å². The highest BCUT2D eigenvalue weighted by molar-refractivity contribution is 5.80. The molecule has 1 N–H and O–H groups in total. The zero-order chi connectivity index (χ0) is 16.8. The number of H-pyrrole nitrogens is 1. The zero-order valence-corrected chi connectivity index (χ0v) is 13.5. The van der Waals surface area contributed by atoms with Crippen LogP contribution in [0.5, 0.6) is 0 Å². The summed E-state index contributed by atoms with van der Waals surface area (Å²) in [5.74, 6) is 1.97. The molecule has 0 aliphatic heterocycles. The van der Waals surface area contributed by atoms with Crippen LogP contribution in [0.3, 0.4) is 0 Å². The second-order valence-corrected chi connectivity index (χ2v) is 6.41. The molecular formula is C20H16N4O. The predicted molar refractivity (Wildman–Crippen MR) is 96.9 cm³/mol. The summed E-state index contributed by atoms with van der Waals surface area (Å²) in [7, 11) is 0. The maximum absolute atomic E-state index is 12.5. The van der Waals surface area contributed by atoms with Gasteiger partial charge in [-0.2, -0.15) is 5.10 Å². The number of para-hydroxylation sites is 2. The predicted octanol–water partition coefficient (Wildman–Crippen LogP) is 3.65. The smallest absolute Gasteiger partial charge is 0.190 e.